The highest BCUT2D eigenvalue weighted by atomic mass is 32.2. The summed E-state index contributed by atoms with van der Waals surface area (Å²) in [7, 11) is 0. The maximum atomic E-state index is 5.64. The lowest BCUT2D eigenvalue weighted by Crippen LogP contribution is -2.43. The van der Waals surface area contributed by atoms with Crippen molar-refractivity contribution in [1.82, 2.24) is 9.29 Å². The number of nitrogens with zero attached hydrogens (tertiary/aromatic N) is 3. The molecule has 1 aliphatic rings. The molecule has 22 heavy (non-hydrogen) atoms. The number of piperazine rings is 1. The van der Waals surface area contributed by atoms with Crippen molar-refractivity contribution in [3.63, 3.8) is 0 Å². The zero-order valence-corrected chi connectivity index (χ0v) is 13.8. The summed E-state index contributed by atoms with van der Waals surface area (Å²) in [6, 6.07) is 10.4. The number of hydrogen-bond acceptors (Lipinski definition) is 6. The van der Waals surface area contributed by atoms with Crippen molar-refractivity contribution in [2.75, 3.05) is 55.7 Å². The van der Waals surface area contributed by atoms with Gasteiger partial charge in [0, 0.05) is 56.4 Å². The first-order valence-corrected chi connectivity index (χ1v) is 8.87. The molecule has 0 aliphatic carbocycles. The highest BCUT2D eigenvalue weighted by Crippen LogP contribution is 2.27. The van der Waals surface area contributed by atoms with Crippen LogP contribution in [0.15, 0.2) is 30.3 Å². The number of benzene rings is 1. The Kier molecular flexibility index (Phi) is 5.02. The number of hydrogen-bond donors (Lipinski definition) is 2. The van der Waals surface area contributed by atoms with Crippen LogP contribution in [0, 0.1) is 0 Å². The van der Waals surface area contributed by atoms with Crippen molar-refractivity contribution < 1.29 is 0 Å². The zero-order valence-electron chi connectivity index (χ0n) is 13.0. The van der Waals surface area contributed by atoms with Crippen molar-refractivity contribution in [3.05, 3.63) is 30.3 Å². The molecular formula is C16H23N5S. The molecule has 0 saturated carbocycles. The van der Waals surface area contributed by atoms with E-state index in [9.17, 15) is 0 Å². The molecule has 118 valence electrons. The van der Waals surface area contributed by atoms with Crippen LogP contribution in [-0.2, 0) is 0 Å². The van der Waals surface area contributed by atoms with Crippen LogP contribution < -0.4 is 16.0 Å². The molecular weight excluding hydrogens is 294 g/mol. The van der Waals surface area contributed by atoms with Crippen LogP contribution >= 0.6 is 11.9 Å². The molecule has 0 bridgehead atoms. The molecule has 1 aliphatic heterocycles. The summed E-state index contributed by atoms with van der Waals surface area (Å²) in [5.74, 6) is 1.05. The van der Waals surface area contributed by atoms with Gasteiger partial charge in [0.1, 0.15) is 5.82 Å². The topological polar surface area (TPSA) is 57.4 Å². The quantitative estimate of drug-likeness (QED) is 0.823. The van der Waals surface area contributed by atoms with Gasteiger partial charge in [0.25, 0.3) is 0 Å². The zero-order chi connectivity index (χ0) is 15.4. The third-order valence-corrected chi connectivity index (χ3v) is 4.86. The smallest absolute Gasteiger partial charge is 0.131 e. The van der Waals surface area contributed by atoms with Crippen LogP contribution in [-0.4, -0.2) is 54.8 Å². The van der Waals surface area contributed by atoms with Crippen LogP contribution in [0.5, 0.6) is 0 Å². The van der Waals surface area contributed by atoms with E-state index in [1.54, 1.807) is 0 Å². The van der Waals surface area contributed by atoms with E-state index >= 15 is 0 Å². The van der Waals surface area contributed by atoms with E-state index in [1.807, 2.05) is 18.0 Å². The lowest BCUT2D eigenvalue weighted by molar-refractivity contribution is 0.429. The first-order valence-electron chi connectivity index (χ1n) is 7.69. The Morgan fingerprint density at radius 3 is 2.73 bits per heavy atom. The Bertz CT molecular complexity index is 625. The minimum absolute atomic E-state index is 0.623. The molecule has 5 nitrogen and oxygen atoms in total. The highest BCUT2D eigenvalue weighted by Gasteiger charge is 2.18. The number of pyridine rings is 1. The van der Waals surface area contributed by atoms with E-state index in [4.69, 9.17) is 10.7 Å². The maximum absolute atomic E-state index is 5.64. The fraction of sp³-hybridized carbons (Fsp3) is 0.438. The molecule has 2 heterocycles. The summed E-state index contributed by atoms with van der Waals surface area (Å²) in [5.41, 5.74) is 7.79. The molecule has 0 atom stereocenters. The lowest BCUT2D eigenvalue weighted by atomic mass is 10.1. The van der Waals surface area contributed by atoms with Gasteiger partial charge in [-0.25, -0.2) is 9.29 Å². The first-order chi connectivity index (χ1) is 10.8. The Labute approximate surface area is 136 Å². The monoisotopic (exact) mass is 317 g/mol. The number of para-hydroxylation sites is 1. The average Bonchev–Trinajstić information content (AvgIpc) is 2.59. The van der Waals surface area contributed by atoms with Gasteiger partial charge in [0.15, 0.2) is 0 Å². The van der Waals surface area contributed by atoms with Crippen LogP contribution in [0.2, 0.25) is 0 Å². The van der Waals surface area contributed by atoms with Gasteiger partial charge in [-0.15, -0.1) is 0 Å². The summed E-state index contributed by atoms with van der Waals surface area (Å²) in [6.07, 6.45) is 2.14. The van der Waals surface area contributed by atoms with Crippen molar-refractivity contribution in [2.24, 2.45) is 5.73 Å². The van der Waals surface area contributed by atoms with Gasteiger partial charge in [-0.2, -0.15) is 0 Å². The molecule has 0 radical (unpaired) electrons. The first kappa shape index (κ1) is 15.4. The lowest BCUT2D eigenvalue weighted by Gasteiger charge is -2.34. The van der Waals surface area contributed by atoms with E-state index in [2.05, 4.69) is 45.0 Å². The summed E-state index contributed by atoms with van der Waals surface area (Å²) in [5, 5.41) is 4.59. The molecule has 1 fully saturated rings. The number of rotatable bonds is 5. The summed E-state index contributed by atoms with van der Waals surface area (Å²) in [4.78, 5) is 7.22. The maximum Gasteiger partial charge on any atom is 0.131 e. The second kappa shape index (κ2) is 7.17. The fourth-order valence-electron chi connectivity index (χ4n) is 2.78. The molecule has 1 aromatic heterocycles. The van der Waals surface area contributed by atoms with Gasteiger partial charge in [-0.05, 0) is 12.3 Å². The van der Waals surface area contributed by atoms with E-state index in [1.165, 1.54) is 0 Å². The Balaban J connectivity index is 1.89. The van der Waals surface area contributed by atoms with E-state index < -0.39 is 0 Å². The van der Waals surface area contributed by atoms with Crippen LogP contribution in [0.4, 0.5) is 11.5 Å². The Hall–Kier alpha value is -1.50. The molecule has 1 saturated heterocycles. The molecule has 3 N–H and O–H groups in total. The largest absolute Gasteiger partial charge is 0.383 e. The predicted molar refractivity (Wildman–Crippen MR) is 96.6 cm³/mol. The summed E-state index contributed by atoms with van der Waals surface area (Å²) >= 11 is 1.82. The minimum Gasteiger partial charge on any atom is -0.383 e. The van der Waals surface area contributed by atoms with Gasteiger partial charge in [-0.1, -0.05) is 30.1 Å². The minimum atomic E-state index is 0.623. The number of anilines is 2. The molecule has 0 amide bonds. The second-order valence-corrected chi connectivity index (χ2v) is 6.24. The number of aromatic nitrogens is 1. The van der Waals surface area contributed by atoms with E-state index in [-0.39, 0.29) is 0 Å². The van der Waals surface area contributed by atoms with Crippen molar-refractivity contribution in [1.29, 1.82) is 0 Å². The van der Waals surface area contributed by atoms with Gasteiger partial charge >= 0.3 is 0 Å². The van der Waals surface area contributed by atoms with E-state index in [0.717, 1.165) is 55.1 Å². The molecule has 1 aromatic carbocycles. The number of nitrogens with one attached hydrogen (secondary N) is 1. The molecule has 2 aromatic rings. The number of nitrogens with two attached hydrogens (primary N) is 1. The second-order valence-electron chi connectivity index (χ2n) is 5.36. The molecule has 0 spiro atoms. The average molecular weight is 317 g/mol. The van der Waals surface area contributed by atoms with Crippen molar-refractivity contribution in [3.8, 4) is 0 Å². The van der Waals surface area contributed by atoms with Crippen molar-refractivity contribution in [2.45, 2.75) is 0 Å². The van der Waals surface area contributed by atoms with Gasteiger partial charge in [0.2, 0.25) is 0 Å². The van der Waals surface area contributed by atoms with Crippen molar-refractivity contribution >= 4 is 34.4 Å². The van der Waals surface area contributed by atoms with Crippen LogP contribution in [0.25, 0.3) is 10.9 Å². The fourth-order valence-corrected chi connectivity index (χ4v) is 3.30. The van der Waals surface area contributed by atoms with E-state index in [0.29, 0.717) is 6.54 Å². The normalized spacial score (nSPS) is 16.2. The molecule has 0 unspecified atom stereocenters. The Morgan fingerprint density at radius 2 is 2.00 bits per heavy atom. The molecule has 6 heteroatoms. The van der Waals surface area contributed by atoms with Crippen LogP contribution in [0.3, 0.4) is 0 Å². The summed E-state index contributed by atoms with van der Waals surface area (Å²) in [6.45, 7) is 5.57. The van der Waals surface area contributed by atoms with Gasteiger partial charge < -0.3 is 16.0 Å². The highest BCUT2D eigenvalue weighted by molar-refractivity contribution is 7.96. The third kappa shape index (κ3) is 3.29. The van der Waals surface area contributed by atoms with Gasteiger partial charge in [-0.3, -0.25) is 0 Å². The number of fused-ring (bicyclic) bond motifs is 1. The van der Waals surface area contributed by atoms with Crippen LogP contribution in [0.1, 0.15) is 0 Å². The Morgan fingerprint density at radius 1 is 1.23 bits per heavy atom. The summed E-state index contributed by atoms with van der Waals surface area (Å²) < 4.78 is 2.39. The van der Waals surface area contributed by atoms with Gasteiger partial charge in [0.05, 0.1) is 5.52 Å². The SMILES string of the molecule is CSN1CCN(c2cc(NCCN)c3ccccc3n2)CC1. The molecule has 3 rings (SSSR count). The third-order valence-electron chi connectivity index (χ3n) is 3.98. The predicted octanol–water partition coefficient (Wildman–Crippen LogP) is 2.01. The standard InChI is InChI=1S/C16H23N5S/c1-22-21-10-8-20(9-11-21)16-12-15(18-7-6-17)13-4-2-3-5-14(13)19-16/h2-5,12H,6-11,17H2,1H3,(H,18,19).